The number of nitrogens with zero attached hydrogens (tertiary/aromatic N) is 1. The normalized spacial score (nSPS) is 12.1. The molecule has 21 heavy (non-hydrogen) atoms. The van der Waals surface area contributed by atoms with Crippen LogP contribution in [0.1, 0.15) is 20.3 Å². The molecule has 0 atom stereocenters. The Hall–Kier alpha value is -1.61. The molecule has 0 unspecified atom stereocenters. The van der Waals surface area contributed by atoms with E-state index in [-0.39, 0.29) is 0 Å². The lowest BCUT2D eigenvalue weighted by molar-refractivity contribution is -0.137. The number of hydrogen-bond acceptors (Lipinski definition) is 3. The van der Waals surface area contributed by atoms with Gasteiger partial charge in [0, 0.05) is 12.6 Å². The van der Waals surface area contributed by atoms with E-state index in [1.165, 1.54) is 13.8 Å². The highest BCUT2D eigenvalue weighted by molar-refractivity contribution is 7.89. The topological polar surface area (TPSA) is 74.7 Å². The molecule has 1 rings (SSSR count). The second-order valence-electron chi connectivity index (χ2n) is 4.53. The van der Waals surface area contributed by atoms with Crippen molar-refractivity contribution >= 4 is 16.0 Å². The summed E-state index contributed by atoms with van der Waals surface area (Å²) in [5, 5.41) is 8.61. The average Bonchev–Trinajstić information content (AvgIpc) is 2.34. The molecular formula is C12H14F3NO4S. The average molecular weight is 325 g/mol. The number of hydrogen-bond donors (Lipinski definition) is 1. The van der Waals surface area contributed by atoms with E-state index in [4.69, 9.17) is 5.11 Å². The first kappa shape index (κ1) is 17.4. The summed E-state index contributed by atoms with van der Waals surface area (Å²) in [5.74, 6) is -6.45. The summed E-state index contributed by atoms with van der Waals surface area (Å²) in [6.45, 7) is 2.50. The largest absolute Gasteiger partial charge is 0.481 e. The van der Waals surface area contributed by atoms with Crippen molar-refractivity contribution < 1.29 is 31.5 Å². The molecule has 0 amide bonds. The molecule has 0 aliphatic carbocycles. The number of rotatable bonds is 6. The fourth-order valence-corrected chi connectivity index (χ4v) is 3.39. The predicted molar refractivity (Wildman–Crippen MR) is 67.6 cm³/mol. The van der Waals surface area contributed by atoms with Gasteiger partial charge >= 0.3 is 5.97 Å². The van der Waals surface area contributed by atoms with Crippen molar-refractivity contribution in [2.24, 2.45) is 0 Å². The van der Waals surface area contributed by atoms with Gasteiger partial charge in [-0.05, 0) is 26.0 Å². The van der Waals surface area contributed by atoms with Gasteiger partial charge in [-0.3, -0.25) is 4.79 Å². The van der Waals surface area contributed by atoms with Crippen molar-refractivity contribution in [3.8, 4) is 0 Å². The predicted octanol–water partition coefficient (Wildman–Crippen LogP) is 1.98. The second-order valence-corrected chi connectivity index (χ2v) is 6.39. The van der Waals surface area contributed by atoms with Crippen molar-refractivity contribution in [2.75, 3.05) is 6.54 Å². The van der Waals surface area contributed by atoms with Crippen LogP contribution >= 0.6 is 0 Å². The summed E-state index contributed by atoms with van der Waals surface area (Å²) in [5.41, 5.74) is 0. The number of benzene rings is 1. The Morgan fingerprint density at radius 3 is 2.29 bits per heavy atom. The Labute approximate surface area is 120 Å². The molecule has 118 valence electrons. The van der Waals surface area contributed by atoms with Crippen molar-refractivity contribution in [1.82, 2.24) is 4.31 Å². The first-order valence-electron chi connectivity index (χ1n) is 5.96. The van der Waals surface area contributed by atoms with Crippen molar-refractivity contribution in [3.05, 3.63) is 29.6 Å². The molecule has 0 aromatic heterocycles. The Morgan fingerprint density at radius 1 is 1.24 bits per heavy atom. The standard InChI is InChI=1S/C12H14F3NO4S/c1-7(2)16(6-5-10(17)18)21(19,20)9-4-3-8(13)11(14)12(9)15/h3-4,7H,5-6H2,1-2H3,(H,17,18). The van der Waals surface area contributed by atoms with Gasteiger partial charge in [-0.1, -0.05) is 0 Å². The van der Waals surface area contributed by atoms with Crippen molar-refractivity contribution in [3.63, 3.8) is 0 Å². The monoisotopic (exact) mass is 325 g/mol. The maximum absolute atomic E-state index is 13.6. The van der Waals surface area contributed by atoms with Crippen LogP contribution in [0.2, 0.25) is 0 Å². The molecule has 9 heteroatoms. The molecule has 5 nitrogen and oxygen atoms in total. The van der Waals surface area contributed by atoms with E-state index >= 15 is 0 Å². The highest BCUT2D eigenvalue weighted by Crippen LogP contribution is 2.24. The summed E-state index contributed by atoms with van der Waals surface area (Å²) >= 11 is 0. The van der Waals surface area contributed by atoms with E-state index in [1.54, 1.807) is 0 Å². The molecule has 0 saturated heterocycles. The number of halogens is 3. The molecule has 0 fully saturated rings. The van der Waals surface area contributed by atoms with Gasteiger partial charge in [-0.2, -0.15) is 4.31 Å². The molecule has 1 aromatic carbocycles. The van der Waals surface area contributed by atoms with Crippen LogP contribution in [0.5, 0.6) is 0 Å². The first-order valence-corrected chi connectivity index (χ1v) is 7.40. The first-order chi connectivity index (χ1) is 9.59. The minimum Gasteiger partial charge on any atom is -0.481 e. The van der Waals surface area contributed by atoms with Gasteiger partial charge in [0.05, 0.1) is 6.42 Å². The summed E-state index contributed by atoms with van der Waals surface area (Å²) in [7, 11) is -4.48. The maximum atomic E-state index is 13.6. The van der Waals surface area contributed by atoms with E-state index in [0.29, 0.717) is 12.1 Å². The van der Waals surface area contributed by atoms with Gasteiger partial charge < -0.3 is 5.11 Å². The van der Waals surface area contributed by atoms with Crippen LogP contribution in [0, 0.1) is 17.5 Å². The van der Waals surface area contributed by atoms with Crippen molar-refractivity contribution in [1.29, 1.82) is 0 Å². The lowest BCUT2D eigenvalue weighted by atomic mass is 10.3. The molecule has 0 aliphatic heterocycles. The van der Waals surface area contributed by atoms with E-state index in [1.807, 2.05) is 0 Å². The highest BCUT2D eigenvalue weighted by Gasteiger charge is 2.32. The molecule has 0 radical (unpaired) electrons. The third kappa shape index (κ3) is 3.73. The Bertz CT molecular complexity index is 646. The summed E-state index contributed by atoms with van der Waals surface area (Å²) in [4.78, 5) is 9.52. The van der Waals surface area contributed by atoms with E-state index in [2.05, 4.69) is 0 Å². The molecule has 0 saturated carbocycles. The minimum atomic E-state index is -4.48. The van der Waals surface area contributed by atoms with Gasteiger partial charge in [0.25, 0.3) is 0 Å². The zero-order valence-electron chi connectivity index (χ0n) is 11.3. The van der Waals surface area contributed by atoms with Crippen LogP contribution in [0.15, 0.2) is 17.0 Å². The third-order valence-corrected chi connectivity index (χ3v) is 4.80. The molecule has 0 bridgehead atoms. The fraction of sp³-hybridized carbons (Fsp3) is 0.417. The zero-order valence-corrected chi connectivity index (χ0v) is 12.1. The summed E-state index contributed by atoms with van der Waals surface area (Å²) in [6.07, 6.45) is -0.497. The summed E-state index contributed by atoms with van der Waals surface area (Å²) in [6, 6.07) is 0.433. The Kier molecular flexibility index (Phi) is 5.35. The van der Waals surface area contributed by atoms with E-state index in [0.717, 1.165) is 4.31 Å². The van der Waals surface area contributed by atoms with Gasteiger partial charge in [-0.15, -0.1) is 0 Å². The van der Waals surface area contributed by atoms with Gasteiger partial charge in [0.2, 0.25) is 10.0 Å². The second kappa shape index (κ2) is 6.44. The molecule has 0 heterocycles. The Balaban J connectivity index is 3.30. The summed E-state index contributed by atoms with van der Waals surface area (Å²) < 4.78 is 64.9. The van der Waals surface area contributed by atoms with Crippen LogP contribution in [-0.4, -0.2) is 36.4 Å². The number of carbonyl (C=O) groups is 1. The number of aliphatic carboxylic acids is 1. The van der Waals surface area contributed by atoms with E-state index in [9.17, 15) is 26.4 Å². The number of carboxylic acids is 1. The zero-order chi connectivity index (χ0) is 16.4. The third-order valence-electron chi connectivity index (χ3n) is 2.71. The van der Waals surface area contributed by atoms with Gasteiger partial charge in [-0.25, -0.2) is 21.6 Å². The molecule has 0 spiro atoms. The van der Waals surface area contributed by atoms with Gasteiger partial charge in [0.15, 0.2) is 17.5 Å². The fourth-order valence-electron chi connectivity index (χ4n) is 1.70. The van der Waals surface area contributed by atoms with Crippen molar-refractivity contribution in [2.45, 2.75) is 31.2 Å². The maximum Gasteiger partial charge on any atom is 0.304 e. The van der Waals surface area contributed by atoms with Crippen LogP contribution in [0.4, 0.5) is 13.2 Å². The lowest BCUT2D eigenvalue weighted by Crippen LogP contribution is -2.39. The Morgan fingerprint density at radius 2 is 1.81 bits per heavy atom. The lowest BCUT2D eigenvalue weighted by Gasteiger charge is -2.25. The molecule has 0 aliphatic rings. The molecule has 1 N–H and O–H groups in total. The van der Waals surface area contributed by atoms with Crippen LogP contribution in [-0.2, 0) is 14.8 Å². The highest BCUT2D eigenvalue weighted by atomic mass is 32.2. The minimum absolute atomic E-state index is 0.409. The molecular weight excluding hydrogens is 311 g/mol. The smallest absolute Gasteiger partial charge is 0.304 e. The van der Waals surface area contributed by atoms with Crippen LogP contribution in [0.25, 0.3) is 0 Å². The SMILES string of the molecule is CC(C)N(CCC(=O)O)S(=O)(=O)c1ccc(F)c(F)c1F. The van der Waals surface area contributed by atoms with Crippen LogP contribution in [0.3, 0.4) is 0 Å². The van der Waals surface area contributed by atoms with Crippen LogP contribution < -0.4 is 0 Å². The van der Waals surface area contributed by atoms with Gasteiger partial charge in [0.1, 0.15) is 4.90 Å². The number of sulfonamides is 1. The quantitative estimate of drug-likeness (QED) is 0.812. The van der Waals surface area contributed by atoms with E-state index < -0.39 is 57.3 Å². The number of carboxylic acid groups (broad SMARTS) is 1. The molecule has 1 aromatic rings.